The number of ether oxygens (including phenoxy) is 1. The van der Waals surface area contributed by atoms with E-state index in [2.05, 4.69) is 10.4 Å². The molecule has 6 heteroatoms. The van der Waals surface area contributed by atoms with Crippen LogP contribution in [-0.4, -0.2) is 28.3 Å². The average molecular weight is 341 g/mol. The predicted molar refractivity (Wildman–Crippen MR) is 94.6 cm³/mol. The number of aromatic nitrogens is 2. The van der Waals surface area contributed by atoms with Crippen LogP contribution in [-0.2, 0) is 14.3 Å². The summed E-state index contributed by atoms with van der Waals surface area (Å²) in [4.78, 5) is 23.8. The SMILES string of the molecule is Cc1ccc(-n2nc(C)c(NC(=O)COC(=O)[C@@H]3C[C@@H]3C)c2C)cc1. The van der Waals surface area contributed by atoms with Crippen molar-refractivity contribution in [3.05, 3.63) is 41.2 Å². The summed E-state index contributed by atoms with van der Waals surface area (Å²) >= 11 is 0. The minimum atomic E-state index is -0.351. The Morgan fingerprint density at radius 3 is 2.48 bits per heavy atom. The fourth-order valence-corrected chi connectivity index (χ4v) is 2.83. The number of amides is 1. The van der Waals surface area contributed by atoms with Crippen LogP contribution in [0.15, 0.2) is 24.3 Å². The number of rotatable bonds is 5. The summed E-state index contributed by atoms with van der Waals surface area (Å²) in [5.41, 5.74) is 4.30. The molecule has 2 aromatic rings. The van der Waals surface area contributed by atoms with Crippen LogP contribution < -0.4 is 5.32 Å². The van der Waals surface area contributed by atoms with Crippen molar-refractivity contribution >= 4 is 17.6 Å². The van der Waals surface area contributed by atoms with Crippen molar-refractivity contribution in [1.82, 2.24) is 9.78 Å². The molecule has 0 spiro atoms. The molecular weight excluding hydrogens is 318 g/mol. The highest BCUT2D eigenvalue weighted by Gasteiger charge is 2.40. The summed E-state index contributed by atoms with van der Waals surface area (Å²) < 4.78 is 6.87. The van der Waals surface area contributed by atoms with Crippen molar-refractivity contribution in [3.8, 4) is 5.69 Å². The third-order valence-corrected chi connectivity index (χ3v) is 4.59. The van der Waals surface area contributed by atoms with Gasteiger partial charge in [0.25, 0.3) is 5.91 Å². The number of anilines is 1. The summed E-state index contributed by atoms with van der Waals surface area (Å²) in [6.07, 6.45) is 0.849. The topological polar surface area (TPSA) is 73.2 Å². The maximum atomic E-state index is 12.1. The molecule has 0 saturated heterocycles. The van der Waals surface area contributed by atoms with Crippen LogP contribution >= 0.6 is 0 Å². The minimum Gasteiger partial charge on any atom is -0.455 e. The summed E-state index contributed by atoms with van der Waals surface area (Å²) in [5, 5.41) is 7.31. The van der Waals surface area contributed by atoms with E-state index in [1.807, 2.05) is 52.0 Å². The van der Waals surface area contributed by atoms with Gasteiger partial charge in [-0.1, -0.05) is 24.6 Å². The molecule has 1 saturated carbocycles. The van der Waals surface area contributed by atoms with Gasteiger partial charge in [-0.05, 0) is 45.2 Å². The fourth-order valence-electron chi connectivity index (χ4n) is 2.83. The lowest BCUT2D eigenvalue weighted by Gasteiger charge is -2.08. The normalized spacial score (nSPS) is 18.7. The third-order valence-electron chi connectivity index (χ3n) is 4.59. The molecule has 6 nitrogen and oxygen atoms in total. The Morgan fingerprint density at radius 2 is 1.88 bits per heavy atom. The van der Waals surface area contributed by atoms with Gasteiger partial charge < -0.3 is 10.1 Å². The van der Waals surface area contributed by atoms with E-state index in [0.717, 1.165) is 17.8 Å². The van der Waals surface area contributed by atoms with Crippen molar-refractivity contribution in [2.24, 2.45) is 11.8 Å². The number of hydrogen-bond acceptors (Lipinski definition) is 4. The summed E-state index contributed by atoms with van der Waals surface area (Å²) in [6, 6.07) is 8.00. The zero-order valence-corrected chi connectivity index (χ0v) is 15.0. The van der Waals surface area contributed by atoms with Crippen molar-refractivity contribution in [1.29, 1.82) is 0 Å². The average Bonchev–Trinajstić information content (AvgIpc) is 3.25. The second kappa shape index (κ2) is 6.70. The first-order valence-electron chi connectivity index (χ1n) is 8.46. The zero-order valence-electron chi connectivity index (χ0n) is 15.0. The molecule has 132 valence electrons. The largest absolute Gasteiger partial charge is 0.455 e. The van der Waals surface area contributed by atoms with E-state index in [4.69, 9.17) is 4.74 Å². The van der Waals surface area contributed by atoms with Gasteiger partial charge in [-0.15, -0.1) is 0 Å². The lowest BCUT2D eigenvalue weighted by molar-refractivity contribution is -0.148. The first-order chi connectivity index (χ1) is 11.9. The zero-order chi connectivity index (χ0) is 18.1. The van der Waals surface area contributed by atoms with E-state index >= 15 is 0 Å². The van der Waals surface area contributed by atoms with E-state index < -0.39 is 0 Å². The van der Waals surface area contributed by atoms with Gasteiger partial charge in [-0.3, -0.25) is 9.59 Å². The van der Waals surface area contributed by atoms with Gasteiger partial charge in [0.15, 0.2) is 6.61 Å². The quantitative estimate of drug-likeness (QED) is 0.849. The predicted octanol–water partition coefficient (Wildman–Crippen LogP) is 2.94. The highest BCUT2D eigenvalue weighted by Crippen LogP contribution is 2.38. The van der Waals surface area contributed by atoms with Gasteiger partial charge in [-0.25, -0.2) is 4.68 Å². The van der Waals surface area contributed by atoms with Crippen molar-refractivity contribution in [3.63, 3.8) is 0 Å². The number of hydrogen-bond donors (Lipinski definition) is 1. The number of benzene rings is 1. The summed E-state index contributed by atoms with van der Waals surface area (Å²) in [7, 11) is 0. The Morgan fingerprint density at radius 1 is 1.24 bits per heavy atom. The van der Waals surface area contributed by atoms with E-state index in [1.165, 1.54) is 5.56 Å². The van der Waals surface area contributed by atoms with Crippen molar-refractivity contribution in [2.45, 2.75) is 34.1 Å². The van der Waals surface area contributed by atoms with Gasteiger partial charge >= 0.3 is 5.97 Å². The number of nitrogens with one attached hydrogen (secondary N) is 1. The summed E-state index contributed by atoms with van der Waals surface area (Å²) in [6.45, 7) is 7.49. The molecule has 0 aliphatic heterocycles. The standard InChI is InChI=1S/C19H23N3O3/c1-11-5-7-15(8-6-11)22-14(4)18(13(3)21-22)20-17(23)10-25-19(24)16-9-12(16)2/h5-8,12,16H,9-10H2,1-4H3,(H,20,23)/t12-,16+/m0/s1. The molecule has 2 atom stereocenters. The molecule has 25 heavy (non-hydrogen) atoms. The smallest absolute Gasteiger partial charge is 0.309 e. The van der Waals surface area contributed by atoms with Crippen LogP contribution in [0.5, 0.6) is 0 Å². The molecule has 1 aromatic carbocycles. The van der Waals surface area contributed by atoms with Gasteiger partial charge in [0, 0.05) is 0 Å². The van der Waals surface area contributed by atoms with Gasteiger partial charge in [-0.2, -0.15) is 5.10 Å². The summed E-state index contributed by atoms with van der Waals surface area (Å²) in [5.74, 6) is -0.309. The first kappa shape index (κ1) is 17.2. The van der Waals surface area contributed by atoms with E-state index in [1.54, 1.807) is 4.68 Å². The number of aryl methyl sites for hydroxylation is 2. The van der Waals surface area contributed by atoms with Crippen LogP contribution in [0, 0.1) is 32.6 Å². The molecule has 0 unspecified atom stereocenters. The van der Waals surface area contributed by atoms with Crippen LogP contribution in [0.4, 0.5) is 5.69 Å². The van der Waals surface area contributed by atoms with Crippen LogP contribution in [0.1, 0.15) is 30.3 Å². The molecule has 1 amide bonds. The van der Waals surface area contributed by atoms with Gasteiger partial charge in [0.2, 0.25) is 0 Å². The number of nitrogens with zero attached hydrogens (tertiary/aromatic N) is 2. The molecule has 3 rings (SSSR count). The van der Waals surface area contributed by atoms with E-state index in [0.29, 0.717) is 17.3 Å². The highest BCUT2D eigenvalue weighted by molar-refractivity contribution is 5.94. The molecule has 1 N–H and O–H groups in total. The Balaban J connectivity index is 1.67. The van der Waals surface area contributed by atoms with Crippen LogP contribution in [0.2, 0.25) is 0 Å². The minimum absolute atomic E-state index is 0.0411. The molecular formula is C19H23N3O3. The number of carbonyl (C=O) groups excluding carboxylic acids is 2. The molecule has 1 aliphatic carbocycles. The first-order valence-corrected chi connectivity index (χ1v) is 8.46. The van der Waals surface area contributed by atoms with Gasteiger partial charge in [0.05, 0.1) is 28.7 Å². The Bertz CT molecular complexity index is 808. The lowest BCUT2D eigenvalue weighted by Crippen LogP contribution is -2.22. The molecule has 0 radical (unpaired) electrons. The molecule has 1 aromatic heterocycles. The number of carbonyl (C=O) groups is 2. The maximum Gasteiger partial charge on any atom is 0.309 e. The monoisotopic (exact) mass is 341 g/mol. The Kier molecular flexibility index (Phi) is 4.61. The maximum absolute atomic E-state index is 12.1. The highest BCUT2D eigenvalue weighted by atomic mass is 16.5. The Hall–Kier alpha value is -2.63. The number of esters is 1. The third kappa shape index (κ3) is 3.73. The molecule has 1 aliphatic rings. The molecule has 0 bridgehead atoms. The van der Waals surface area contributed by atoms with Crippen LogP contribution in [0.25, 0.3) is 5.69 Å². The fraction of sp³-hybridized carbons (Fsp3) is 0.421. The van der Waals surface area contributed by atoms with Gasteiger partial charge in [0.1, 0.15) is 0 Å². The molecule has 1 heterocycles. The molecule has 1 fully saturated rings. The second-order valence-corrected chi connectivity index (χ2v) is 6.77. The van der Waals surface area contributed by atoms with E-state index in [-0.39, 0.29) is 24.4 Å². The second-order valence-electron chi connectivity index (χ2n) is 6.77. The van der Waals surface area contributed by atoms with Crippen LogP contribution in [0.3, 0.4) is 0 Å². The Labute approximate surface area is 147 Å². The lowest BCUT2D eigenvalue weighted by atomic mass is 10.2. The van der Waals surface area contributed by atoms with Crippen molar-refractivity contribution < 1.29 is 14.3 Å². The van der Waals surface area contributed by atoms with E-state index in [9.17, 15) is 9.59 Å². The van der Waals surface area contributed by atoms with Crippen molar-refractivity contribution in [2.75, 3.05) is 11.9 Å².